The molecule has 1 amide bonds. The van der Waals surface area contributed by atoms with Crippen LogP contribution in [0.4, 0.5) is 10.7 Å². The first-order valence-corrected chi connectivity index (χ1v) is 10.6. The zero-order chi connectivity index (χ0) is 21.3. The van der Waals surface area contributed by atoms with Crippen molar-refractivity contribution in [1.29, 1.82) is 0 Å². The van der Waals surface area contributed by atoms with Gasteiger partial charge in [-0.3, -0.25) is 0 Å². The Labute approximate surface area is 181 Å². The van der Waals surface area contributed by atoms with Gasteiger partial charge in [0, 0.05) is 24.2 Å². The standard InChI is InChI=1S/C23H27ClN4O2/c1-23(2,3)30-22(29)27-12-11-18(15-27)25-21-26-19-9-4-5-10-20(19)28(21)14-16-7-6-8-17(24)13-16/h4-10,13,18H,11-12,14-15H2,1-3H3,(H,25,26)/t18-/m1/s1. The number of fused-ring (bicyclic) bond motifs is 1. The summed E-state index contributed by atoms with van der Waals surface area (Å²) < 4.78 is 7.67. The Hall–Kier alpha value is -2.73. The largest absolute Gasteiger partial charge is 0.444 e. The first-order chi connectivity index (χ1) is 14.3. The molecule has 0 bridgehead atoms. The van der Waals surface area contributed by atoms with Crippen LogP contribution in [0.25, 0.3) is 11.0 Å². The van der Waals surface area contributed by atoms with Gasteiger partial charge < -0.3 is 19.5 Å². The van der Waals surface area contributed by atoms with Crippen LogP contribution in [-0.2, 0) is 11.3 Å². The summed E-state index contributed by atoms with van der Waals surface area (Å²) in [7, 11) is 0. The molecule has 2 heterocycles. The number of hydrogen-bond donors (Lipinski definition) is 1. The molecule has 1 fully saturated rings. The lowest BCUT2D eigenvalue weighted by atomic mass is 10.2. The van der Waals surface area contributed by atoms with E-state index in [1.807, 2.05) is 57.2 Å². The van der Waals surface area contributed by atoms with Gasteiger partial charge in [-0.05, 0) is 57.0 Å². The van der Waals surface area contributed by atoms with Gasteiger partial charge >= 0.3 is 6.09 Å². The predicted octanol–water partition coefficient (Wildman–Crippen LogP) is 5.16. The molecule has 0 unspecified atom stereocenters. The van der Waals surface area contributed by atoms with Crippen LogP contribution >= 0.6 is 11.6 Å². The number of nitrogens with one attached hydrogen (secondary N) is 1. The predicted molar refractivity (Wildman–Crippen MR) is 120 cm³/mol. The number of carbonyl (C=O) groups is 1. The molecule has 0 spiro atoms. The Balaban J connectivity index is 1.54. The number of imidazole rings is 1. The van der Waals surface area contributed by atoms with Crippen LogP contribution in [0.15, 0.2) is 48.5 Å². The van der Waals surface area contributed by atoms with Crippen molar-refractivity contribution in [2.75, 3.05) is 18.4 Å². The summed E-state index contributed by atoms with van der Waals surface area (Å²) in [5.41, 5.74) is 2.61. The molecule has 1 N–H and O–H groups in total. The quantitative estimate of drug-likeness (QED) is 0.626. The molecule has 158 valence electrons. The lowest BCUT2D eigenvalue weighted by molar-refractivity contribution is 0.0293. The molecule has 7 heteroatoms. The van der Waals surface area contributed by atoms with E-state index < -0.39 is 5.60 Å². The van der Waals surface area contributed by atoms with Crippen molar-refractivity contribution in [1.82, 2.24) is 14.5 Å². The molecule has 0 saturated carbocycles. The number of rotatable bonds is 4. The van der Waals surface area contributed by atoms with E-state index in [1.165, 1.54) is 0 Å². The Morgan fingerprint density at radius 1 is 1.23 bits per heavy atom. The highest BCUT2D eigenvalue weighted by molar-refractivity contribution is 6.30. The van der Waals surface area contributed by atoms with Gasteiger partial charge in [-0.15, -0.1) is 0 Å². The van der Waals surface area contributed by atoms with Crippen LogP contribution < -0.4 is 5.32 Å². The van der Waals surface area contributed by atoms with Crippen LogP contribution in [0.5, 0.6) is 0 Å². The lowest BCUT2D eigenvalue weighted by Crippen LogP contribution is -2.36. The number of nitrogens with zero attached hydrogens (tertiary/aromatic N) is 3. The molecule has 1 aliphatic heterocycles. The van der Waals surface area contributed by atoms with Gasteiger partial charge in [-0.25, -0.2) is 9.78 Å². The minimum Gasteiger partial charge on any atom is -0.444 e. The zero-order valence-corrected chi connectivity index (χ0v) is 18.3. The normalized spacial score (nSPS) is 16.8. The smallest absolute Gasteiger partial charge is 0.410 e. The van der Waals surface area contributed by atoms with E-state index in [2.05, 4.69) is 22.0 Å². The molecule has 30 heavy (non-hydrogen) atoms. The SMILES string of the molecule is CC(C)(C)OC(=O)N1CC[C@@H](Nc2nc3ccccc3n2Cc2cccc(Cl)c2)C1. The van der Waals surface area contributed by atoms with Crippen LogP contribution in [-0.4, -0.2) is 45.3 Å². The third-order valence-corrected chi connectivity index (χ3v) is 5.29. The Morgan fingerprint density at radius 3 is 2.80 bits per heavy atom. The second-order valence-electron chi connectivity index (χ2n) is 8.70. The van der Waals surface area contributed by atoms with E-state index >= 15 is 0 Å². The van der Waals surface area contributed by atoms with Crippen LogP contribution in [0.1, 0.15) is 32.8 Å². The second kappa shape index (κ2) is 8.19. The molecular formula is C23H27ClN4O2. The molecule has 0 radical (unpaired) electrons. The number of aromatic nitrogens is 2. The summed E-state index contributed by atoms with van der Waals surface area (Å²) in [6, 6.07) is 16.1. The van der Waals surface area contributed by atoms with Crippen LogP contribution in [0, 0.1) is 0 Å². The van der Waals surface area contributed by atoms with E-state index in [9.17, 15) is 4.79 Å². The third-order valence-electron chi connectivity index (χ3n) is 5.06. The van der Waals surface area contributed by atoms with E-state index in [4.69, 9.17) is 21.3 Å². The van der Waals surface area contributed by atoms with Crippen LogP contribution in [0.3, 0.4) is 0 Å². The number of likely N-dealkylation sites (tertiary alicyclic amines) is 1. The molecule has 0 aliphatic carbocycles. The highest BCUT2D eigenvalue weighted by Crippen LogP contribution is 2.25. The number of para-hydroxylation sites is 2. The number of anilines is 1. The number of amides is 1. The highest BCUT2D eigenvalue weighted by atomic mass is 35.5. The van der Waals surface area contributed by atoms with E-state index in [-0.39, 0.29) is 12.1 Å². The van der Waals surface area contributed by atoms with Crippen molar-refractivity contribution in [2.24, 2.45) is 0 Å². The fraction of sp³-hybridized carbons (Fsp3) is 0.391. The number of carbonyl (C=O) groups excluding carboxylic acids is 1. The minimum absolute atomic E-state index is 0.118. The third kappa shape index (κ3) is 4.70. The summed E-state index contributed by atoms with van der Waals surface area (Å²) in [6.07, 6.45) is 0.582. The molecule has 4 rings (SSSR count). The van der Waals surface area contributed by atoms with E-state index in [0.717, 1.165) is 34.0 Å². The highest BCUT2D eigenvalue weighted by Gasteiger charge is 2.30. The summed E-state index contributed by atoms with van der Waals surface area (Å²) in [5.74, 6) is 0.798. The second-order valence-corrected chi connectivity index (χ2v) is 9.13. The van der Waals surface area contributed by atoms with Crippen molar-refractivity contribution in [3.8, 4) is 0 Å². The van der Waals surface area contributed by atoms with Crippen molar-refractivity contribution in [2.45, 2.75) is 45.4 Å². The summed E-state index contributed by atoms with van der Waals surface area (Å²) in [4.78, 5) is 18.9. The van der Waals surface area contributed by atoms with Gasteiger partial charge in [0.2, 0.25) is 5.95 Å². The Morgan fingerprint density at radius 2 is 2.03 bits per heavy atom. The van der Waals surface area contributed by atoms with Gasteiger partial charge in [0.1, 0.15) is 5.60 Å². The summed E-state index contributed by atoms with van der Waals surface area (Å²) in [6.45, 7) is 7.57. The van der Waals surface area contributed by atoms with E-state index in [0.29, 0.717) is 19.6 Å². The van der Waals surface area contributed by atoms with Gasteiger partial charge in [-0.1, -0.05) is 35.9 Å². The Kier molecular flexibility index (Phi) is 5.60. The average molecular weight is 427 g/mol. The summed E-state index contributed by atoms with van der Waals surface area (Å²) in [5, 5.41) is 4.27. The maximum atomic E-state index is 12.4. The topological polar surface area (TPSA) is 59.4 Å². The molecule has 1 aliphatic rings. The molecule has 1 aromatic heterocycles. The number of hydrogen-bond acceptors (Lipinski definition) is 4. The molecular weight excluding hydrogens is 400 g/mol. The minimum atomic E-state index is -0.493. The molecule has 2 aromatic carbocycles. The van der Waals surface area contributed by atoms with Gasteiger partial charge in [-0.2, -0.15) is 0 Å². The fourth-order valence-electron chi connectivity index (χ4n) is 3.72. The first kappa shape index (κ1) is 20.5. The van der Waals surface area contributed by atoms with Crippen molar-refractivity contribution in [3.05, 3.63) is 59.1 Å². The zero-order valence-electron chi connectivity index (χ0n) is 17.6. The number of benzene rings is 2. The summed E-state index contributed by atoms with van der Waals surface area (Å²) >= 11 is 6.18. The lowest BCUT2D eigenvalue weighted by Gasteiger charge is -2.24. The fourth-order valence-corrected chi connectivity index (χ4v) is 3.93. The first-order valence-electron chi connectivity index (χ1n) is 10.2. The number of halogens is 1. The Bertz CT molecular complexity index is 1060. The van der Waals surface area contributed by atoms with Crippen LogP contribution in [0.2, 0.25) is 5.02 Å². The maximum absolute atomic E-state index is 12.4. The van der Waals surface area contributed by atoms with Crippen molar-refractivity contribution >= 4 is 34.7 Å². The van der Waals surface area contributed by atoms with E-state index in [1.54, 1.807) is 4.90 Å². The number of ether oxygens (including phenoxy) is 1. The van der Waals surface area contributed by atoms with Gasteiger partial charge in [0.15, 0.2) is 0 Å². The van der Waals surface area contributed by atoms with Crippen molar-refractivity contribution < 1.29 is 9.53 Å². The molecule has 1 atom stereocenters. The molecule has 6 nitrogen and oxygen atoms in total. The van der Waals surface area contributed by atoms with Gasteiger partial charge in [0.25, 0.3) is 0 Å². The monoisotopic (exact) mass is 426 g/mol. The molecule has 1 saturated heterocycles. The average Bonchev–Trinajstić information content (AvgIpc) is 3.26. The molecule has 3 aromatic rings. The maximum Gasteiger partial charge on any atom is 0.410 e. The van der Waals surface area contributed by atoms with Gasteiger partial charge in [0.05, 0.1) is 17.6 Å². The van der Waals surface area contributed by atoms with Crippen molar-refractivity contribution in [3.63, 3.8) is 0 Å².